The molecule has 2 amide bonds. The number of nitrogens with one attached hydrogen (secondary N) is 2. The molecule has 0 aromatic rings. The SMILES string of the molecule is CNC(=O)CCCCO[C@@H]1OC(CO)[C@H](O)C(O)C1NC(C)=O. The lowest BCUT2D eigenvalue weighted by atomic mass is 9.97. The smallest absolute Gasteiger partial charge is 0.219 e. The zero-order valence-corrected chi connectivity index (χ0v) is 13.4. The van der Waals surface area contributed by atoms with Crippen LogP contribution in [-0.4, -0.2) is 78.0 Å². The van der Waals surface area contributed by atoms with Gasteiger partial charge in [-0.1, -0.05) is 0 Å². The number of carbonyl (C=O) groups excluding carboxylic acids is 2. The Morgan fingerprint density at radius 2 is 1.91 bits per heavy atom. The maximum absolute atomic E-state index is 11.2. The highest BCUT2D eigenvalue weighted by Gasteiger charge is 2.45. The minimum Gasteiger partial charge on any atom is -0.394 e. The van der Waals surface area contributed by atoms with Crippen molar-refractivity contribution in [3.8, 4) is 0 Å². The van der Waals surface area contributed by atoms with Crippen LogP contribution in [0.5, 0.6) is 0 Å². The van der Waals surface area contributed by atoms with E-state index >= 15 is 0 Å². The summed E-state index contributed by atoms with van der Waals surface area (Å²) in [7, 11) is 1.56. The lowest BCUT2D eigenvalue weighted by Crippen LogP contribution is -2.64. The van der Waals surface area contributed by atoms with Gasteiger partial charge in [0.1, 0.15) is 24.4 Å². The van der Waals surface area contributed by atoms with Gasteiger partial charge in [0.2, 0.25) is 11.8 Å². The van der Waals surface area contributed by atoms with E-state index in [4.69, 9.17) is 9.47 Å². The van der Waals surface area contributed by atoms with E-state index < -0.39 is 43.2 Å². The molecule has 23 heavy (non-hydrogen) atoms. The highest BCUT2D eigenvalue weighted by molar-refractivity contribution is 5.75. The average Bonchev–Trinajstić information content (AvgIpc) is 2.52. The molecule has 9 heteroatoms. The molecular formula is C14H26N2O7. The predicted octanol–water partition coefficient (Wildman–Crippen LogP) is -2.14. The number of hydrogen-bond acceptors (Lipinski definition) is 7. The average molecular weight is 334 g/mol. The third-order valence-corrected chi connectivity index (χ3v) is 3.61. The molecule has 0 radical (unpaired) electrons. The Hall–Kier alpha value is -1.26. The van der Waals surface area contributed by atoms with Gasteiger partial charge in [0, 0.05) is 27.0 Å². The van der Waals surface area contributed by atoms with Gasteiger partial charge in [0.15, 0.2) is 6.29 Å². The number of aliphatic hydroxyl groups excluding tert-OH is 3. The molecule has 1 fully saturated rings. The minimum atomic E-state index is -1.33. The Morgan fingerprint density at radius 1 is 1.22 bits per heavy atom. The topological polar surface area (TPSA) is 137 Å². The van der Waals surface area contributed by atoms with Crippen LogP contribution in [0.15, 0.2) is 0 Å². The van der Waals surface area contributed by atoms with Crippen molar-refractivity contribution in [1.82, 2.24) is 10.6 Å². The van der Waals surface area contributed by atoms with Crippen LogP contribution in [0, 0.1) is 0 Å². The summed E-state index contributed by atoms with van der Waals surface area (Å²) in [6.45, 7) is 1.04. The van der Waals surface area contributed by atoms with E-state index in [1.807, 2.05) is 0 Å². The first kappa shape index (κ1) is 19.8. The van der Waals surface area contributed by atoms with Crippen LogP contribution in [0.3, 0.4) is 0 Å². The molecule has 134 valence electrons. The number of aliphatic hydroxyl groups is 3. The Kier molecular flexibility index (Phi) is 8.42. The first-order valence-electron chi connectivity index (χ1n) is 7.62. The van der Waals surface area contributed by atoms with E-state index in [2.05, 4.69) is 10.6 Å². The van der Waals surface area contributed by atoms with Gasteiger partial charge in [-0.2, -0.15) is 0 Å². The molecule has 0 aromatic heterocycles. The van der Waals surface area contributed by atoms with Crippen molar-refractivity contribution in [1.29, 1.82) is 0 Å². The Balaban J connectivity index is 2.53. The van der Waals surface area contributed by atoms with Gasteiger partial charge in [-0.3, -0.25) is 9.59 Å². The van der Waals surface area contributed by atoms with Crippen LogP contribution in [0.1, 0.15) is 26.2 Å². The summed E-state index contributed by atoms with van der Waals surface area (Å²) < 4.78 is 10.9. The molecule has 0 bridgehead atoms. The number of carbonyl (C=O) groups is 2. The molecule has 0 aliphatic carbocycles. The zero-order chi connectivity index (χ0) is 17.4. The lowest BCUT2D eigenvalue weighted by Gasteiger charge is -2.42. The molecule has 5 N–H and O–H groups in total. The highest BCUT2D eigenvalue weighted by Crippen LogP contribution is 2.22. The number of amides is 2. The number of unbranched alkanes of at least 4 members (excludes halogenated alkanes) is 1. The first-order valence-corrected chi connectivity index (χ1v) is 7.62. The van der Waals surface area contributed by atoms with Crippen molar-refractivity contribution >= 4 is 11.8 Å². The van der Waals surface area contributed by atoms with Crippen molar-refractivity contribution in [3.63, 3.8) is 0 Å². The quantitative estimate of drug-likeness (QED) is 0.320. The summed E-state index contributed by atoms with van der Waals surface area (Å²) in [5.41, 5.74) is 0. The Bertz CT molecular complexity index is 393. The monoisotopic (exact) mass is 334 g/mol. The van der Waals surface area contributed by atoms with Crippen LogP contribution >= 0.6 is 0 Å². The van der Waals surface area contributed by atoms with Gasteiger partial charge >= 0.3 is 0 Å². The van der Waals surface area contributed by atoms with Gasteiger partial charge in [-0.25, -0.2) is 0 Å². The fraction of sp³-hybridized carbons (Fsp3) is 0.857. The summed E-state index contributed by atoms with van der Waals surface area (Å²) in [4.78, 5) is 22.3. The van der Waals surface area contributed by atoms with Gasteiger partial charge in [-0.15, -0.1) is 0 Å². The van der Waals surface area contributed by atoms with E-state index in [9.17, 15) is 24.9 Å². The third-order valence-electron chi connectivity index (χ3n) is 3.61. The molecular weight excluding hydrogens is 308 g/mol. The standard InChI is InChI=1S/C14H26N2O7/c1-8(18)16-11-13(21)12(20)9(7-17)23-14(11)22-6-4-3-5-10(19)15-2/h9,11-14,17,20-21H,3-7H2,1-2H3,(H,15,19)(H,16,18)/t9?,11?,12-,13?,14+/m0/s1. The molecule has 3 unspecified atom stereocenters. The van der Waals surface area contributed by atoms with Crippen LogP contribution in [-0.2, 0) is 19.1 Å². The fourth-order valence-electron chi connectivity index (χ4n) is 2.32. The summed E-state index contributed by atoms with van der Waals surface area (Å²) in [6.07, 6.45) is -3.05. The van der Waals surface area contributed by atoms with E-state index in [1.165, 1.54) is 6.92 Å². The second kappa shape index (κ2) is 9.78. The van der Waals surface area contributed by atoms with Crippen molar-refractivity contribution in [2.24, 2.45) is 0 Å². The van der Waals surface area contributed by atoms with E-state index in [-0.39, 0.29) is 12.5 Å². The second-order valence-electron chi connectivity index (χ2n) is 5.43. The van der Waals surface area contributed by atoms with E-state index in [0.717, 1.165) is 0 Å². The summed E-state index contributed by atoms with van der Waals surface area (Å²) >= 11 is 0. The molecule has 1 heterocycles. The minimum absolute atomic E-state index is 0.0612. The third kappa shape index (κ3) is 6.04. The molecule has 1 saturated heterocycles. The molecule has 1 aliphatic rings. The Labute approximate surface area is 135 Å². The largest absolute Gasteiger partial charge is 0.394 e. The number of hydrogen-bond donors (Lipinski definition) is 5. The van der Waals surface area contributed by atoms with Crippen LogP contribution in [0.2, 0.25) is 0 Å². The fourth-order valence-corrected chi connectivity index (χ4v) is 2.32. The number of ether oxygens (including phenoxy) is 2. The van der Waals surface area contributed by atoms with Crippen molar-refractivity contribution in [2.75, 3.05) is 20.3 Å². The van der Waals surface area contributed by atoms with E-state index in [0.29, 0.717) is 19.3 Å². The van der Waals surface area contributed by atoms with Crippen LogP contribution in [0.25, 0.3) is 0 Å². The maximum atomic E-state index is 11.2. The summed E-state index contributed by atoms with van der Waals surface area (Å²) in [6, 6.07) is -0.941. The van der Waals surface area contributed by atoms with Gasteiger partial charge in [0.25, 0.3) is 0 Å². The highest BCUT2D eigenvalue weighted by atomic mass is 16.7. The lowest BCUT2D eigenvalue weighted by molar-refractivity contribution is -0.270. The molecule has 1 rings (SSSR count). The van der Waals surface area contributed by atoms with Crippen molar-refractivity contribution < 1.29 is 34.4 Å². The molecule has 5 atom stereocenters. The van der Waals surface area contributed by atoms with Crippen molar-refractivity contribution in [2.45, 2.75) is 56.8 Å². The Morgan fingerprint density at radius 3 is 2.48 bits per heavy atom. The molecule has 9 nitrogen and oxygen atoms in total. The van der Waals surface area contributed by atoms with Gasteiger partial charge in [0.05, 0.1) is 6.61 Å². The van der Waals surface area contributed by atoms with Crippen LogP contribution < -0.4 is 10.6 Å². The van der Waals surface area contributed by atoms with Gasteiger partial charge in [-0.05, 0) is 12.8 Å². The van der Waals surface area contributed by atoms with Crippen molar-refractivity contribution in [3.05, 3.63) is 0 Å². The van der Waals surface area contributed by atoms with Crippen LogP contribution in [0.4, 0.5) is 0 Å². The second-order valence-corrected chi connectivity index (χ2v) is 5.43. The predicted molar refractivity (Wildman–Crippen MR) is 79.2 cm³/mol. The molecule has 1 aliphatic heterocycles. The molecule has 0 aromatic carbocycles. The normalized spacial score (nSPS) is 30.7. The maximum Gasteiger partial charge on any atom is 0.219 e. The molecule has 0 spiro atoms. The first-order chi connectivity index (χ1) is 10.9. The summed E-state index contributed by atoms with van der Waals surface area (Å²) in [5, 5.41) is 34.1. The number of rotatable bonds is 8. The summed E-state index contributed by atoms with van der Waals surface area (Å²) in [5.74, 6) is -0.463. The molecule has 0 saturated carbocycles. The zero-order valence-electron chi connectivity index (χ0n) is 13.4. The van der Waals surface area contributed by atoms with Gasteiger partial charge < -0.3 is 35.4 Å². The van der Waals surface area contributed by atoms with E-state index in [1.54, 1.807) is 7.05 Å².